The number of hydrogen-bond donors (Lipinski definition) is 3. The van der Waals surface area contributed by atoms with E-state index in [0.717, 1.165) is 5.56 Å². The van der Waals surface area contributed by atoms with Gasteiger partial charge in [-0.3, -0.25) is 25.2 Å². The summed E-state index contributed by atoms with van der Waals surface area (Å²) >= 11 is 5.88. The van der Waals surface area contributed by atoms with Crippen LogP contribution in [0.4, 0.5) is 0 Å². The molecular formula is C25H24ClN3O4. The van der Waals surface area contributed by atoms with E-state index < -0.39 is 23.8 Å². The van der Waals surface area contributed by atoms with Crippen LogP contribution < -0.4 is 20.9 Å². The van der Waals surface area contributed by atoms with Crippen molar-refractivity contribution in [3.8, 4) is 5.75 Å². The summed E-state index contributed by atoms with van der Waals surface area (Å²) < 4.78 is 5.36. The van der Waals surface area contributed by atoms with Gasteiger partial charge in [-0.05, 0) is 61.0 Å². The standard InChI is InChI=1S/C25H24ClN3O4/c1-2-33-21-14-10-19(11-15-21)24(31)28-29-25(32)22(16-17-6-4-3-5-7-17)27-23(30)18-8-12-20(26)13-9-18/h3-15,22H,2,16H2,1H3,(H,27,30)(H,28,31)(H,29,32)/t22-/m0/s1. The molecule has 0 spiro atoms. The summed E-state index contributed by atoms with van der Waals surface area (Å²) in [7, 11) is 0. The Balaban J connectivity index is 1.66. The predicted molar refractivity (Wildman–Crippen MR) is 126 cm³/mol. The van der Waals surface area contributed by atoms with Gasteiger partial charge in [-0.1, -0.05) is 41.9 Å². The van der Waals surface area contributed by atoms with Crippen molar-refractivity contribution >= 4 is 29.3 Å². The highest BCUT2D eigenvalue weighted by Crippen LogP contribution is 2.12. The third-order valence-electron chi connectivity index (χ3n) is 4.74. The highest BCUT2D eigenvalue weighted by Gasteiger charge is 2.22. The van der Waals surface area contributed by atoms with Crippen molar-refractivity contribution in [2.45, 2.75) is 19.4 Å². The molecule has 3 rings (SSSR count). The summed E-state index contributed by atoms with van der Waals surface area (Å²) in [5.74, 6) is -0.833. The fourth-order valence-electron chi connectivity index (χ4n) is 3.05. The fourth-order valence-corrected chi connectivity index (χ4v) is 3.17. The number of carbonyl (C=O) groups excluding carboxylic acids is 3. The van der Waals surface area contributed by atoms with E-state index in [0.29, 0.717) is 28.5 Å². The normalized spacial score (nSPS) is 11.2. The van der Waals surface area contributed by atoms with Gasteiger partial charge >= 0.3 is 0 Å². The molecule has 7 nitrogen and oxygen atoms in total. The first-order chi connectivity index (χ1) is 16.0. The molecule has 0 bridgehead atoms. The fraction of sp³-hybridized carbons (Fsp3) is 0.160. The van der Waals surface area contributed by atoms with Gasteiger partial charge in [0.25, 0.3) is 17.7 Å². The van der Waals surface area contributed by atoms with Crippen LogP contribution in [0.1, 0.15) is 33.2 Å². The maximum atomic E-state index is 12.9. The number of ether oxygens (including phenoxy) is 1. The first-order valence-electron chi connectivity index (χ1n) is 10.4. The number of benzene rings is 3. The van der Waals surface area contributed by atoms with E-state index in [4.69, 9.17) is 16.3 Å². The Hall–Kier alpha value is -3.84. The van der Waals surface area contributed by atoms with Gasteiger partial charge in [0.1, 0.15) is 11.8 Å². The Bertz CT molecular complexity index is 1090. The van der Waals surface area contributed by atoms with Crippen LogP contribution in [0.3, 0.4) is 0 Å². The Morgan fingerprint density at radius 1 is 0.818 bits per heavy atom. The van der Waals surface area contributed by atoms with Gasteiger partial charge in [-0.2, -0.15) is 0 Å². The van der Waals surface area contributed by atoms with E-state index in [1.807, 2.05) is 37.3 Å². The molecule has 0 aliphatic carbocycles. The zero-order chi connectivity index (χ0) is 23.6. The first kappa shape index (κ1) is 23.8. The van der Waals surface area contributed by atoms with Crippen molar-refractivity contribution in [2.75, 3.05) is 6.61 Å². The third kappa shape index (κ3) is 7.08. The molecule has 0 saturated heterocycles. The quantitative estimate of drug-likeness (QED) is 0.443. The third-order valence-corrected chi connectivity index (χ3v) is 4.99. The van der Waals surface area contributed by atoms with Crippen molar-refractivity contribution in [1.82, 2.24) is 16.2 Å². The van der Waals surface area contributed by atoms with Gasteiger partial charge in [-0.15, -0.1) is 0 Å². The number of amides is 3. The van der Waals surface area contributed by atoms with Crippen LogP contribution >= 0.6 is 11.6 Å². The summed E-state index contributed by atoms with van der Waals surface area (Å²) in [6.45, 7) is 2.39. The highest BCUT2D eigenvalue weighted by atomic mass is 35.5. The summed E-state index contributed by atoms with van der Waals surface area (Å²) in [5, 5.41) is 3.23. The molecule has 0 unspecified atom stereocenters. The van der Waals surface area contributed by atoms with E-state index in [1.54, 1.807) is 48.5 Å². The number of carbonyl (C=O) groups is 3. The Morgan fingerprint density at radius 2 is 1.42 bits per heavy atom. The molecule has 3 amide bonds. The maximum Gasteiger partial charge on any atom is 0.269 e. The maximum absolute atomic E-state index is 12.9. The molecule has 8 heteroatoms. The summed E-state index contributed by atoms with van der Waals surface area (Å²) in [4.78, 5) is 37.9. The van der Waals surface area contributed by atoms with E-state index in [2.05, 4.69) is 16.2 Å². The van der Waals surface area contributed by atoms with Crippen molar-refractivity contribution in [3.63, 3.8) is 0 Å². The van der Waals surface area contributed by atoms with E-state index in [9.17, 15) is 14.4 Å². The zero-order valence-corrected chi connectivity index (χ0v) is 18.8. The first-order valence-corrected chi connectivity index (χ1v) is 10.8. The van der Waals surface area contributed by atoms with Gasteiger partial charge in [0, 0.05) is 22.6 Å². The molecule has 0 aliphatic rings. The lowest BCUT2D eigenvalue weighted by Gasteiger charge is -2.19. The van der Waals surface area contributed by atoms with Gasteiger partial charge in [0.05, 0.1) is 6.61 Å². The minimum atomic E-state index is -0.920. The van der Waals surface area contributed by atoms with E-state index in [-0.39, 0.29) is 6.42 Å². The number of hydrogen-bond acceptors (Lipinski definition) is 4. The molecule has 0 aliphatic heterocycles. The Kier molecular flexibility index (Phi) is 8.43. The molecular weight excluding hydrogens is 442 g/mol. The smallest absolute Gasteiger partial charge is 0.269 e. The van der Waals surface area contributed by atoms with Gasteiger partial charge in [0.2, 0.25) is 0 Å². The molecule has 3 aromatic rings. The average Bonchev–Trinajstić information content (AvgIpc) is 2.83. The Labute approximate surface area is 197 Å². The molecule has 3 N–H and O–H groups in total. The summed E-state index contributed by atoms with van der Waals surface area (Å²) in [6, 6.07) is 21.2. The number of nitrogens with one attached hydrogen (secondary N) is 3. The minimum absolute atomic E-state index is 0.241. The average molecular weight is 466 g/mol. The van der Waals surface area contributed by atoms with Crippen LogP contribution in [-0.4, -0.2) is 30.4 Å². The molecule has 0 radical (unpaired) electrons. The van der Waals surface area contributed by atoms with Crippen LogP contribution in [-0.2, 0) is 11.2 Å². The van der Waals surface area contributed by atoms with Crippen LogP contribution in [0.5, 0.6) is 5.75 Å². The van der Waals surface area contributed by atoms with Gasteiger partial charge in [0.15, 0.2) is 0 Å². The van der Waals surface area contributed by atoms with Crippen LogP contribution in [0.2, 0.25) is 5.02 Å². The van der Waals surface area contributed by atoms with Crippen molar-refractivity contribution in [3.05, 3.63) is 101 Å². The van der Waals surface area contributed by atoms with Gasteiger partial charge < -0.3 is 10.1 Å². The largest absolute Gasteiger partial charge is 0.494 e. The van der Waals surface area contributed by atoms with Crippen LogP contribution in [0.25, 0.3) is 0 Å². The van der Waals surface area contributed by atoms with Crippen LogP contribution in [0.15, 0.2) is 78.9 Å². The van der Waals surface area contributed by atoms with Crippen molar-refractivity contribution < 1.29 is 19.1 Å². The number of hydrazine groups is 1. The second-order valence-electron chi connectivity index (χ2n) is 7.12. The molecule has 1 atom stereocenters. The second kappa shape index (κ2) is 11.7. The highest BCUT2D eigenvalue weighted by molar-refractivity contribution is 6.30. The lowest BCUT2D eigenvalue weighted by atomic mass is 10.0. The molecule has 0 heterocycles. The Morgan fingerprint density at radius 3 is 2.06 bits per heavy atom. The lowest BCUT2D eigenvalue weighted by Crippen LogP contribution is -2.53. The minimum Gasteiger partial charge on any atom is -0.494 e. The topological polar surface area (TPSA) is 96.5 Å². The second-order valence-corrected chi connectivity index (χ2v) is 7.56. The number of halogens is 1. The molecule has 0 fully saturated rings. The van der Waals surface area contributed by atoms with Crippen molar-refractivity contribution in [2.24, 2.45) is 0 Å². The molecule has 33 heavy (non-hydrogen) atoms. The van der Waals surface area contributed by atoms with Gasteiger partial charge in [-0.25, -0.2) is 0 Å². The molecule has 3 aromatic carbocycles. The lowest BCUT2D eigenvalue weighted by molar-refractivity contribution is -0.123. The monoisotopic (exact) mass is 465 g/mol. The van der Waals surface area contributed by atoms with E-state index >= 15 is 0 Å². The summed E-state index contributed by atoms with van der Waals surface area (Å²) in [6.07, 6.45) is 0.241. The molecule has 170 valence electrons. The van der Waals surface area contributed by atoms with Crippen LogP contribution in [0, 0.1) is 0 Å². The SMILES string of the molecule is CCOc1ccc(C(=O)NNC(=O)[C@H](Cc2ccccc2)NC(=O)c2ccc(Cl)cc2)cc1. The van der Waals surface area contributed by atoms with Crippen molar-refractivity contribution in [1.29, 1.82) is 0 Å². The molecule has 0 saturated carbocycles. The number of rotatable bonds is 8. The van der Waals surface area contributed by atoms with E-state index in [1.165, 1.54) is 0 Å². The summed E-state index contributed by atoms with van der Waals surface area (Å²) in [5.41, 5.74) is 6.36. The molecule has 0 aromatic heterocycles. The predicted octanol–water partition coefficient (Wildman–Crippen LogP) is 3.54. The zero-order valence-electron chi connectivity index (χ0n) is 18.0.